The van der Waals surface area contributed by atoms with Gasteiger partial charge >= 0.3 is 23.9 Å². The summed E-state index contributed by atoms with van der Waals surface area (Å²) in [5, 5.41) is 226. The van der Waals surface area contributed by atoms with Crippen molar-refractivity contribution in [3.8, 4) is 0 Å². The molecular weight excluding hydrogens is 1850 g/mol. The molecule has 141 heavy (non-hydrogen) atoms. The molecule has 5 fully saturated rings. The summed E-state index contributed by atoms with van der Waals surface area (Å²) in [4.78, 5) is 108. The van der Waals surface area contributed by atoms with Gasteiger partial charge in [-0.15, -0.1) is 0 Å². The summed E-state index contributed by atoms with van der Waals surface area (Å²) in [6.45, 7) is 2.12. The Morgan fingerprint density at radius 3 is 1.11 bits per heavy atom. The summed E-state index contributed by atoms with van der Waals surface area (Å²) in [5.74, 6) is -21.1. The second-order valence-corrected chi connectivity index (χ2v) is 39.0. The van der Waals surface area contributed by atoms with Gasteiger partial charge in [0.25, 0.3) is 17.4 Å². The maximum atomic E-state index is 14.3. The summed E-state index contributed by atoms with van der Waals surface area (Å²) >= 11 is 0. The SMILES string of the molecule is CCCCCCCCCCCCC/C=C/C(OC(=O)CCCCCCCCCCCCCCCCC)C(CO[C@@H]1O[C@H](CO)[C@@H](O[C@@H]2O[C@H](CO)[C@H](O)[C@H](O[C@@]3(C(=O)O)C[C@@H](O)[C@H](NC(C)=O)C([C@@H](O)[C@@H](CO)O[C@@]4(C(=O)O)C[C@@H](O)[C@H](NC(C)=O)C([C@@H](O)[C@@H](CO)O[C@@]5(C(=O)O)C[C@@H](O)[C@H](NC(C)=O)C([C@@H](O)[C@H](O)CO)O5)O4)O3)[C@H]2O)[C@H](O)[C@H]1O)NC(=O)CCCCCCCCCCCCCCCCC. The summed E-state index contributed by atoms with van der Waals surface area (Å²) in [6, 6.07) is -7.05. The first-order valence-corrected chi connectivity index (χ1v) is 52.3. The number of esters is 1. The Labute approximate surface area is 830 Å². The Hall–Kier alpha value is -5.54. The smallest absolute Gasteiger partial charge is 0.364 e. The normalized spacial score (nSPS) is 29.9. The van der Waals surface area contributed by atoms with E-state index >= 15 is 0 Å². The molecule has 0 aromatic carbocycles. The van der Waals surface area contributed by atoms with Crippen LogP contribution in [-0.2, 0) is 90.5 Å². The number of unbranched alkanes of at least 4 members (excludes halogenated alkanes) is 39. The number of aliphatic hydroxyl groups excluding tert-OH is 16. The molecule has 820 valence electrons. The van der Waals surface area contributed by atoms with Crippen molar-refractivity contribution < 1.29 is 187 Å². The maximum absolute atomic E-state index is 14.3. The standard InChI is InChI=1S/C99H176N4O38/c1-7-10-13-16-19-22-25-28-30-33-36-39-42-45-48-51-75(116)103-65(70(50-47-44-41-38-35-32-27-24-21-18-15-12-9-3)132-76(117)52-49-46-43-40-37-34-31-29-26-23-20-17-14-11-8-2)61-131-92-85(123)84(122)87(74(60-108)134-92)135-93-86(124)91(81(119)71(57-105)133-93)141-99(96(129)130)55-68(114)79(102-64(6)111)90(140-99)83(121)73(59-107)137-98(95(127)128)54-67(113)78(101-63(5)110)89(139-98)82(120)72(58-106)136-97(94(125)126)53-66(112)77(100-62(4)109)88(138-97)80(118)69(115)56-104/h47,50,65-74,77-93,104-108,112-115,118-124H,7-46,48-49,51-61H2,1-6H3,(H,100,109)(H,101,110)(H,102,111)(H,103,116)(H,125,126)(H,127,128)(H,129,130)/b50-47+/t65?,66-,67-,68-,69-,70?,71-,72-,73-,74-,77+,78+,79+,80+,81+,82+,83+,84-,85-,86-,87-,88?,89?,90?,91+,92-,93+,97+,98+,99-/m1/s1. The summed E-state index contributed by atoms with van der Waals surface area (Å²) in [5.41, 5.74) is 0. The van der Waals surface area contributed by atoms with E-state index in [1.807, 2.05) is 6.08 Å². The van der Waals surface area contributed by atoms with E-state index in [0.29, 0.717) is 19.3 Å². The van der Waals surface area contributed by atoms with Crippen molar-refractivity contribution in [3.05, 3.63) is 12.2 Å². The molecule has 0 aliphatic carbocycles. The van der Waals surface area contributed by atoms with E-state index in [0.717, 1.165) is 117 Å². The zero-order valence-electron chi connectivity index (χ0n) is 84.0. The van der Waals surface area contributed by atoms with Crippen molar-refractivity contribution in [1.29, 1.82) is 0 Å². The lowest BCUT2D eigenvalue weighted by Crippen LogP contribution is -2.72. The molecule has 5 unspecified atom stereocenters. The van der Waals surface area contributed by atoms with E-state index in [2.05, 4.69) is 42.0 Å². The fourth-order valence-corrected chi connectivity index (χ4v) is 19.1. The van der Waals surface area contributed by atoms with E-state index in [9.17, 15) is 135 Å². The van der Waals surface area contributed by atoms with Crippen molar-refractivity contribution in [1.82, 2.24) is 21.3 Å². The fraction of sp³-hybridized carbons (Fsp3) is 0.899. The minimum absolute atomic E-state index is 0.0778. The van der Waals surface area contributed by atoms with Crippen LogP contribution >= 0.6 is 0 Å². The molecule has 4 amide bonds. The molecule has 0 aromatic heterocycles. The van der Waals surface area contributed by atoms with Crippen molar-refractivity contribution in [3.63, 3.8) is 0 Å². The number of rotatable bonds is 76. The van der Waals surface area contributed by atoms with Gasteiger partial charge in [-0.25, -0.2) is 14.4 Å². The zero-order valence-corrected chi connectivity index (χ0v) is 84.0. The number of carbonyl (C=O) groups is 8. The number of carboxylic acid groups (broad SMARTS) is 3. The molecule has 5 rings (SSSR count). The monoisotopic (exact) mass is 2030 g/mol. The molecule has 30 atom stereocenters. The van der Waals surface area contributed by atoms with Gasteiger partial charge in [0.15, 0.2) is 12.6 Å². The number of hydrogen-bond donors (Lipinski definition) is 23. The van der Waals surface area contributed by atoms with Gasteiger partial charge in [0.2, 0.25) is 23.6 Å². The van der Waals surface area contributed by atoms with Gasteiger partial charge in [-0.3, -0.25) is 24.0 Å². The molecule has 5 aliphatic heterocycles. The Morgan fingerprint density at radius 1 is 0.397 bits per heavy atom. The van der Waals surface area contributed by atoms with Crippen LogP contribution in [0.4, 0.5) is 0 Å². The average molecular weight is 2030 g/mol. The molecule has 0 aromatic rings. The Kier molecular flexibility index (Phi) is 60.9. The average Bonchev–Trinajstić information content (AvgIpc) is 0.746. The Balaban J connectivity index is 1.41. The number of hydrogen-bond acceptors (Lipinski definition) is 35. The second-order valence-electron chi connectivity index (χ2n) is 39.0. The molecule has 5 heterocycles. The van der Waals surface area contributed by atoms with Gasteiger partial charge in [0.05, 0.1) is 82.1 Å². The molecule has 0 spiro atoms. The van der Waals surface area contributed by atoms with Crippen molar-refractivity contribution in [2.24, 2.45) is 0 Å². The topological polar surface area (TPSA) is 671 Å². The van der Waals surface area contributed by atoms with Gasteiger partial charge in [-0.2, -0.15) is 0 Å². The number of nitrogens with one attached hydrogen (secondary N) is 4. The van der Waals surface area contributed by atoms with Crippen LogP contribution in [0.25, 0.3) is 0 Å². The van der Waals surface area contributed by atoms with E-state index < -0.39 is 283 Å². The number of carbonyl (C=O) groups excluding carboxylic acids is 5. The lowest BCUT2D eigenvalue weighted by atomic mass is 9.86. The van der Waals surface area contributed by atoms with Crippen LogP contribution in [0.15, 0.2) is 12.2 Å². The van der Waals surface area contributed by atoms with E-state index in [1.165, 1.54) is 154 Å². The molecule has 5 aliphatic rings. The van der Waals surface area contributed by atoms with Gasteiger partial charge < -0.3 is 170 Å². The second kappa shape index (κ2) is 68.2. The highest BCUT2D eigenvalue weighted by Gasteiger charge is 2.64. The molecule has 0 radical (unpaired) electrons. The zero-order chi connectivity index (χ0) is 104. The van der Waals surface area contributed by atoms with E-state index in [1.54, 1.807) is 6.08 Å². The third kappa shape index (κ3) is 41.8. The fourth-order valence-electron chi connectivity index (χ4n) is 19.1. The van der Waals surface area contributed by atoms with Gasteiger partial charge in [-0.05, 0) is 31.8 Å². The maximum Gasteiger partial charge on any atom is 0.364 e. The molecule has 0 bridgehead atoms. The number of allylic oxidation sites excluding steroid dienone is 1. The minimum atomic E-state index is -3.59. The lowest BCUT2D eigenvalue weighted by Gasteiger charge is -2.51. The van der Waals surface area contributed by atoms with Gasteiger partial charge in [-0.1, -0.05) is 271 Å². The summed E-state index contributed by atoms with van der Waals surface area (Å²) < 4.78 is 65.4. The minimum Gasteiger partial charge on any atom is -0.477 e. The molecule has 5 saturated heterocycles. The van der Waals surface area contributed by atoms with Crippen LogP contribution in [0.2, 0.25) is 0 Å². The van der Waals surface area contributed by atoms with Crippen LogP contribution in [0, 0.1) is 0 Å². The van der Waals surface area contributed by atoms with Crippen LogP contribution in [0.1, 0.15) is 343 Å². The van der Waals surface area contributed by atoms with Crippen LogP contribution in [0.5, 0.6) is 0 Å². The lowest BCUT2D eigenvalue weighted by molar-refractivity contribution is -0.388. The number of amides is 4. The first kappa shape index (κ1) is 126. The molecule has 42 heteroatoms. The predicted molar refractivity (Wildman–Crippen MR) is 508 cm³/mol. The van der Waals surface area contributed by atoms with Crippen molar-refractivity contribution in [2.75, 3.05) is 39.6 Å². The summed E-state index contributed by atoms with van der Waals surface area (Å²) in [6.07, 6.45) is -5.83. The third-order valence-corrected chi connectivity index (χ3v) is 27.2. The Bertz CT molecular complexity index is 3530. The van der Waals surface area contributed by atoms with Gasteiger partial charge in [0.1, 0.15) is 110 Å². The van der Waals surface area contributed by atoms with Crippen molar-refractivity contribution >= 4 is 47.5 Å². The Morgan fingerprint density at radius 2 is 0.745 bits per heavy atom. The number of aliphatic hydroxyl groups is 16. The highest BCUT2D eigenvalue weighted by atomic mass is 16.8. The van der Waals surface area contributed by atoms with Crippen LogP contribution in [0.3, 0.4) is 0 Å². The van der Waals surface area contributed by atoms with Crippen molar-refractivity contribution in [2.45, 2.75) is 526 Å². The van der Waals surface area contributed by atoms with E-state index in [4.69, 9.17) is 52.1 Å². The largest absolute Gasteiger partial charge is 0.477 e. The van der Waals surface area contributed by atoms with Gasteiger partial charge in [0, 0.05) is 52.9 Å². The van der Waals surface area contributed by atoms with Crippen LogP contribution in [-0.4, -0.2) is 366 Å². The highest BCUT2D eigenvalue weighted by Crippen LogP contribution is 2.43. The first-order valence-electron chi connectivity index (χ1n) is 52.3. The highest BCUT2D eigenvalue weighted by molar-refractivity contribution is 5.79. The number of aliphatic carboxylic acids is 3. The predicted octanol–water partition coefficient (Wildman–Crippen LogP) is 4.33. The van der Waals surface area contributed by atoms with Crippen LogP contribution < -0.4 is 21.3 Å². The number of ether oxygens (including phenoxy) is 11. The quantitative estimate of drug-likeness (QED) is 0.0229. The van der Waals surface area contributed by atoms with E-state index in [-0.39, 0.29) is 18.7 Å². The number of carboxylic acids is 3. The molecule has 23 N–H and O–H groups in total. The first-order chi connectivity index (χ1) is 67.4. The summed E-state index contributed by atoms with van der Waals surface area (Å²) in [7, 11) is 0. The molecule has 42 nitrogen and oxygen atoms in total. The molecule has 0 saturated carbocycles. The third-order valence-electron chi connectivity index (χ3n) is 27.2. The molecular formula is C99H176N4O38.